The van der Waals surface area contributed by atoms with Gasteiger partial charge >= 0.3 is 0 Å². The highest BCUT2D eigenvalue weighted by Gasteiger charge is 2.30. The molecule has 1 aromatic rings. The summed E-state index contributed by atoms with van der Waals surface area (Å²) in [6.07, 6.45) is 3.69. The van der Waals surface area contributed by atoms with E-state index in [0.717, 1.165) is 30.5 Å². The van der Waals surface area contributed by atoms with Gasteiger partial charge in [-0.15, -0.1) is 11.8 Å². The van der Waals surface area contributed by atoms with E-state index in [1.165, 1.54) is 0 Å². The average Bonchev–Trinajstić information content (AvgIpc) is 2.28. The van der Waals surface area contributed by atoms with Crippen molar-refractivity contribution in [2.24, 2.45) is 0 Å². The number of thioether (sulfide) groups is 1. The molecule has 0 amide bonds. The van der Waals surface area contributed by atoms with Crippen molar-refractivity contribution in [3.05, 3.63) is 12.4 Å². The molecule has 0 bridgehead atoms. The highest BCUT2D eigenvalue weighted by atomic mass is 32.2. The van der Waals surface area contributed by atoms with E-state index in [0.29, 0.717) is 0 Å². The standard InChI is InChI=1S/C11H18N4S/c1-11(2)7-12-4-5-15(11)9-6-10(16-3)14-8-13-9/h6,8,12H,4-5,7H2,1-3H3. The molecule has 1 N–H and O–H groups in total. The maximum Gasteiger partial charge on any atom is 0.133 e. The van der Waals surface area contributed by atoms with Crippen LogP contribution >= 0.6 is 11.8 Å². The first-order valence-corrected chi connectivity index (χ1v) is 6.70. The van der Waals surface area contributed by atoms with Gasteiger partial charge in [0.15, 0.2) is 0 Å². The molecule has 0 aromatic carbocycles. The molecule has 0 atom stereocenters. The van der Waals surface area contributed by atoms with Gasteiger partial charge in [-0.3, -0.25) is 0 Å². The van der Waals surface area contributed by atoms with Crippen LogP contribution in [-0.4, -0.2) is 41.4 Å². The molecule has 1 aliphatic rings. The van der Waals surface area contributed by atoms with Gasteiger partial charge in [0.1, 0.15) is 17.2 Å². The van der Waals surface area contributed by atoms with Crippen molar-refractivity contribution >= 4 is 17.6 Å². The molecule has 0 saturated carbocycles. The number of piperazine rings is 1. The second kappa shape index (κ2) is 4.59. The number of aromatic nitrogens is 2. The van der Waals surface area contributed by atoms with Gasteiger partial charge in [-0.25, -0.2) is 9.97 Å². The Morgan fingerprint density at radius 3 is 2.94 bits per heavy atom. The van der Waals surface area contributed by atoms with Gasteiger partial charge in [0.2, 0.25) is 0 Å². The fourth-order valence-corrected chi connectivity index (χ4v) is 2.37. The van der Waals surface area contributed by atoms with Crippen LogP contribution < -0.4 is 10.2 Å². The molecule has 16 heavy (non-hydrogen) atoms. The third kappa shape index (κ3) is 2.30. The normalized spacial score (nSPS) is 19.8. The molecular formula is C11H18N4S. The summed E-state index contributed by atoms with van der Waals surface area (Å²) in [5.74, 6) is 1.03. The van der Waals surface area contributed by atoms with Crippen LogP contribution in [0, 0.1) is 0 Å². The van der Waals surface area contributed by atoms with Crippen molar-refractivity contribution in [2.45, 2.75) is 24.4 Å². The zero-order valence-electron chi connectivity index (χ0n) is 10.0. The molecule has 88 valence electrons. The molecule has 0 spiro atoms. The van der Waals surface area contributed by atoms with Crippen LogP contribution in [0.1, 0.15) is 13.8 Å². The molecular weight excluding hydrogens is 220 g/mol. The van der Waals surface area contributed by atoms with Crippen LogP contribution in [0.4, 0.5) is 5.82 Å². The topological polar surface area (TPSA) is 41.0 Å². The fourth-order valence-electron chi connectivity index (χ4n) is 2.00. The summed E-state index contributed by atoms with van der Waals surface area (Å²) < 4.78 is 0. The summed E-state index contributed by atoms with van der Waals surface area (Å²) in [6.45, 7) is 7.48. The van der Waals surface area contributed by atoms with Crippen molar-refractivity contribution in [2.75, 3.05) is 30.8 Å². The first kappa shape index (κ1) is 11.7. The summed E-state index contributed by atoms with van der Waals surface area (Å²) in [7, 11) is 0. The van der Waals surface area contributed by atoms with Gasteiger partial charge in [-0.05, 0) is 20.1 Å². The quantitative estimate of drug-likeness (QED) is 0.623. The Hall–Kier alpha value is -0.810. The second-order valence-corrected chi connectivity index (χ2v) is 5.39. The fraction of sp³-hybridized carbons (Fsp3) is 0.636. The number of nitrogens with one attached hydrogen (secondary N) is 1. The van der Waals surface area contributed by atoms with Gasteiger partial charge in [0.05, 0.1) is 0 Å². The molecule has 0 radical (unpaired) electrons. The lowest BCUT2D eigenvalue weighted by molar-refractivity contribution is 0.377. The molecule has 1 aliphatic heterocycles. The van der Waals surface area contributed by atoms with E-state index in [9.17, 15) is 0 Å². The molecule has 1 fully saturated rings. The number of hydrogen-bond donors (Lipinski definition) is 1. The van der Waals surface area contributed by atoms with E-state index in [-0.39, 0.29) is 5.54 Å². The van der Waals surface area contributed by atoms with Crippen molar-refractivity contribution in [1.82, 2.24) is 15.3 Å². The maximum absolute atomic E-state index is 4.38. The Balaban J connectivity index is 2.27. The summed E-state index contributed by atoms with van der Waals surface area (Å²) in [5, 5.41) is 4.44. The highest BCUT2D eigenvalue weighted by molar-refractivity contribution is 7.98. The lowest BCUT2D eigenvalue weighted by Gasteiger charge is -2.43. The summed E-state index contributed by atoms with van der Waals surface area (Å²) >= 11 is 1.65. The van der Waals surface area contributed by atoms with Gasteiger partial charge in [0, 0.05) is 31.2 Å². The number of nitrogens with zero attached hydrogens (tertiary/aromatic N) is 3. The first-order chi connectivity index (χ1) is 7.63. The molecule has 5 heteroatoms. The zero-order valence-corrected chi connectivity index (χ0v) is 10.8. The van der Waals surface area contributed by atoms with Crippen LogP contribution in [0.3, 0.4) is 0 Å². The van der Waals surface area contributed by atoms with E-state index in [1.807, 2.05) is 6.26 Å². The third-order valence-corrected chi connectivity index (χ3v) is 3.56. The Labute approximate surface area is 101 Å². The summed E-state index contributed by atoms with van der Waals surface area (Å²) in [4.78, 5) is 10.9. The molecule has 2 heterocycles. The van der Waals surface area contributed by atoms with Gasteiger partial charge in [-0.2, -0.15) is 0 Å². The lowest BCUT2D eigenvalue weighted by Crippen LogP contribution is -2.58. The SMILES string of the molecule is CSc1cc(N2CCNCC2(C)C)ncn1. The van der Waals surface area contributed by atoms with Gasteiger partial charge in [0.25, 0.3) is 0 Å². The van der Waals surface area contributed by atoms with Crippen LogP contribution in [0.15, 0.2) is 17.4 Å². The van der Waals surface area contributed by atoms with Crippen LogP contribution in [0.5, 0.6) is 0 Å². The highest BCUT2D eigenvalue weighted by Crippen LogP contribution is 2.25. The van der Waals surface area contributed by atoms with Crippen LogP contribution in [0.2, 0.25) is 0 Å². The molecule has 2 rings (SSSR count). The summed E-state index contributed by atoms with van der Waals surface area (Å²) in [5.41, 5.74) is 0.113. The Morgan fingerprint density at radius 1 is 1.44 bits per heavy atom. The van der Waals surface area contributed by atoms with E-state index in [1.54, 1.807) is 18.1 Å². The van der Waals surface area contributed by atoms with Crippen molar-refractivity contribution in [3.63, 3.8) is 0 Å². The monoisotopic (exact) mass is 238 g/mol. The van der Waals surface area contributed by atoms with Crippen molar-refractivity contribution < 1.29 is 0 Å². The van der Waals surface area contributed by atoms with Crippen molar-refractivity contribution in [3.8, 4) is 0 Å². The van der Waals surface area contributed by atoms with E-state index in [4.69, 9.17) is 0 Å². The Bertz CT molecular complexity index is 367. The predicted molar refractivity (Wildman–Crippen MR) is 68.1 cm³/mol. The number of rotatable bonds is 2. The Kier molecular flexibility index (Phi) is 3.35. The van der Waals surface area contributed by atoms with E-state index >= 15 is 0 Å². The van der Waals surface area contributed by atoms with Gasteiger partial charge < -0.3 is 10.2 Å². The largest absolute Gasteiger partial charge is 0.349 e. The molecule has 1 saturated heterocycles. The minimum absolute atomic E-state index is 0.113. The second-order valence-electron chi connectivity index (χ2n) is 4.56. The maximum atomic E-state index is 4.38. The first-order valence-electron chi connectivity index (χ1n) is 5.48. The molecule has 1 aromatic heterocycles. The minimum atomic E-state index is 0.113. The van der Waals surface area contributed by atoms with E-state index < -0.39 is 0 Å². The van der Waals surface area contributed by atoms with Crippen LogP contribution in [-0.2, 0) is 0 Å². The van der Waals surface area contributed by atoms with Gasteiger partial charge in [-0.1, -0.05) is 0 Å². The zero-order chi connectivity index (χ0) is 11.6. The molecule has 0 unspecified atom stereocenters. The lowest BCUT2D eigenvalue weighted by atomic mass is 10.0. The minimum Gasteiger partial charge on any atom is -0.349 e. The van der Waals surface area contributed by atoms with E-state index in [2.05, 4.69) is 40.1 Å². The number of hydrogen-bond acceptors (Lipinski definition) is 5. The van der Waals surface area contributed by atoms with Crippen molar-refractivity contribution in [1.29, 1.82) is 0 Å². The smallest absolute Gasteiger partial charge is 0.133 e. The Morgan fingerprint density at radius 2 is 2.25 bits per heavy atom. The predicted octanol–water partition coefficient (Wildman–Crippen LogP) is 1.39. The third-order valence-electron chi connectivity index (χ3n) is 2.91. The van der Waals surface area contributed by atoms with Crippen LogP contribution in [0.25, 0.3) is 0 Å². The number of anilines is 1. The summed E-state index contributed by atoms with van der Waals surface area (Å²) in [6, 6.07) is 2.07. The molecule has 4 nitrogen and oxygen atoms in total. The molecule has 0 aliphatic carbocycles. The average molecular weight is 238 g/mol.